The van der Waals surface area contributed by atoms with Crippen LogP contribution in [0.5, 0.6) is 0 Å². The first kappa shape index (κ1) is 24.9. The summed E-state index contributed by atoms with van der Waals surface area (Å²) in [5.74, 6) is 3.48. The van der Waals surface area contributed by atoms with E-state index in [2.05, 4.69) is 15.2 Å². The molecule has 2 saturated heterocycles. The highest BCUT2D eigenvalue weighted by molar-refractivity contribution is 5.85. The van der Waals surface area contributed by atoms with Crippen molar-refractivity contribution in [2.24, 2.45) is 5.92 Å². The monoisotopic (exact) mass is 484 g/mol. The fourth-order valence-corrected chi connectivity index (χ4v) is 5.57. The number of halogens is 2. The molecule has 0 radical (unpaired) electrons. The van der Waals surface area contributed by atoms with Gasteiger partial charge in [-0.2, -0.15) is 0 Å². The highest BCUT2D eigenvalue weighted by Crippen LogP contribution is 2.40. The number of aryl methyl sites for hydroxylation is 1. The van der Waals surface area contributed by atoms with Gasteiger partial charge < -0.3 is 19.8 Å². The van der Waals surface area contributed by atoms with Crippen molar-refractivity contribution in [1.82, 2.24) is 20.2 Å². The van der Waals surface area contributed by atoms with Crippen LogP contribution in [0.2, 0.25) is 0 Å². The molecule has 1 aromatic heterocycles. The maximum Gasteiger partial charge on any atom is 0.234 e. The zero-order chi connectivity index (χ0) is 20.9. The molecule has 2 unspecified atom stereocenters. The van der Waals surface area contributed by atoms with Crippen LogP contribution in [0.4, 0.5) is 0 Å². The fourth-order valence-electron chi connectivity index (χ4n) is 5.57. The lowest BCUT2D eigenvalue weighted by Gasteiger charge is -2.38. The van der Waals surface area contributed by atoms with E-state index in [0.717, 1.165) is 60.8 Å². The van der Waals surface area contributed by atoms with E-state index in [1.54, 1.807) is 12.5 Å². The van der Waals surface area contributed by atoms with Crippen LogP contribution >= 0.6 is 24.8 Å². The maximum atomic E-state index is 12.4. The lowest BCUT2D eigenvalue weighted by molar-refractivity contribution is -0.125. The molecule has 4 heterocycles. The van der Waals surface area contributed by atoms with E-state index >= 15 is 0 Å². The van der Waals surface area contributed by atoms with Crippen molar-refractivity contribution < 1.29 is 14.3 Å². The molecule has 1 aromatic rings. The number of imidazole rings is 1. The van der Waals surface area contributed by atoms with Crippen molar-refractivity contribution in [3.63, 3.8) is 0 Å². The van der Waals surface area contributed by atoms with Crippen LogP contribution in [0.3, 0.4) is 0 Å². The number of H-pyrrole nitrogens is 1. The van der Waals surface area contributed by atoms with Crippen LogP contribution in [0.1, 0.15) is 70.1 Å². The minimum atomic E-state index is -0.176. The number of rotatable bonds is 4. The van der Waals surface area contributed by atoms with Gasteiger partial charge in [0, 0.05) is 30.5 Å². The fraction of sp³-hybridized carbons (Fsp3) is 0.652. The summed E-state index contributed by atoms with van der Waals surface area (Å²) in [5, 5.41) is 3.11. The third-order valence-electron chi connectivity index (χ3n) is 6.65. The van der Waals surface area contributed by atoms with Crippen molar-refractivity contribution >= 4 is 36.5 Å². The number of nitrogens with zero attached hydrogens (tertiary/aromatic N) is 2. The summed E-state index contributed by atoms with van der Waals surface area (Å²) in [6.45, 7) is 6.63. The van der Waals surface area contributed by atoms with Gasteiger partial charge in [0.05, 0.1) is 12.2 Å². The van der Waals surface area contributed by atoms with Crippen molar-refractivity contribution in [2.75, 3.05) is 6.54 Å². The summed E-state index contributed by atoms with van der Waals surface area (Å²) < 4.78 is 11.3. The van der Waals surface area contributed by atoms with Crippen LogP contribution in [-0.4, -0.2) is 44.9 Å². The van der Waals surface area contributed by atoms with Gasteiger partial charge in [0.2, 0.25) is 5.91 Å². The number of piperidine rings is 1. The van der Waals surface area contributed by atoms with Crippen LogP contribution in [0, 0.1) is 5.92 Å². The average molecular weight is 485 g/mol. The van der Waals surface area contributed by atoms with Crippen molar-refractivity contribution in [3.05, 3.63) is 35.5 Å². The number of ether oxygens (including phenoxy) is 2. The summed E-state index contributed by atoms with van der Waals surface area (Å²) in [6, 6.07) is 1.03. The lowest BCUT2D eigenvalue weighted by atomic mass is 9.88. The summed E-state index contributed by atoms with van der Waals surface area (Å²) in [4.78, 5) is 23.3. The zero-order valence-corrected chi connectivity index (χ0v) is 20.6. The number of fused-ring (bicyclic) bond motifs is 4. The molecule has 4 aliphatic rings. The largest absolute Gasteiger partial charge is 0.462 e. The molecule has 7 nitrogen and oxygen atoms in total. The number of hydrogen-bond acceptors (Lipinski definition) is 5. The molecule has 2 bridgehead atoms. The second-order valence-electron chi connectivity index (χ2n) is 10.2. The molecule has 3 aliphatic heterocycles. The summed E-state index contributed by atoms with van der Waals surface area (Å²) in [7, 11) is 0. The highest BCUT2D eigenvalue weighted by atomic mass is 35.5. The van der Waals surface area contributed by atoms with Gasteiger partial charge in [-0.25, -0.2) is 4.98 Å². The summed E-state index contributed by atoms with van der Waals surface area (Å²) >= 11 is 0. The number of carbonyl (C=O) groups excluding carboxylic acids is 1. The van der Waals surface area contributed by atoms with Gasteiger partial charge in [0.25, 0.3) is 0 Å². The molecule has 5 rings (SSSR count). The number of amides is 1. The zero-order valence-electron chi connectivity index (χ0n) is 19.0. The maximum absolute atomic E-state index is 12.4. The second kappa shape index (κ2) is 9.65. The molecular weight excluding hydrogens is 451 g/mol. The van der Waals surface area contributed by atoms with E-state index in [9.17, 15) is 4.79 Å². The molecule has 178 valence electrons. The standard InChI is InChI=1S/C23H32N4O3.2ClH/c1-23(2,3)26-20(28)13-27-15-4-5-16(27)11-14(10-15)12-19-24-17-6-7-18-22(21(17)25-19)30-9-8-29-18;;/h8-9,14-16H,4-7,10-13H2,1-3H3,(H,24,25)(H,26,28);2*1H. The van der Waals surface area contributed by atoms with Crippen LogP contribution < -0.4 is 5.32 Å². The quantitative estimate of drug-likeness (QED) is 0.672. The van der Waals surface area contributed by atoms with Crippen molar-refractivity contribution in [3.8, 4) is 0 Å². The highest BCUT2D eigenvalue weighted by Gasteiger charge is 2.42. The predicted molar refractivity (Wildman–Crippen MR) is 127 cm³/mol. The van der Waals surface area contributed by atoms with Gasteiger partial charge in [-0.1, -0.05) is 0 Å². The predicted octanol–water partition coefficient (Wildman–Crippen LogP) is 4.09. The van der Waals surface area contributed by atoms with E-state index in [1.807, 2.05) is 20.8 Å². The third-order valence-corrected chi connectivity index (χ3v) is 6.65. The number of aromatic amines is 1. The molecule has 0 aromatic carbocycles. The van der Waals surface area contributed by atoms with Gasteiger partial charge in [0.15, 0.2) is 5.76 Å². The normalized spacial score (nSPS) is 26.2. The van der Waals surface area contributed by atoms with E-state index < -0.39 is 0 Å². The Morgan fingerprint density at radius 2 is 1.84 bits per heavy atom. The van der Waals surface area contributed by atoms with Gasteiger partial charge in [-0.3, -0.25) is 9.69 Å². The van der Waals surface area contributed by atoms with Crippen LogP contribution in [0.15, 0.2) is 18.3 Å². The molecule has 1 aliphatic carbocycles. The van der Waals surface area contributed by atoms with E-state index in [0.29, 0.717) is 24.5 Å². The summed E-state index contributed by atoms with van der Waals surface area (Å²) in [5.41, 5.74) is 1.89. The molecular formula is C23H34Cl2N4O3. The van der Waals surface area contributed by atoms with Crippen molar-refractivity contribution in [1.29, 1.82) is 0 Å². The van der Waals surface area contributed by atoms with Crippen molar-refractivity contribution in [2.45, 2.75) is 83.3 Å². The Hall–Kier alpha value is -1.70. The Morgan fingerprint density at radius 1 is 1.16 bits per heavy atom. The lowest BCUT2D eigenvalue weighted by Crippen LogP contribution is -2.51. The number of allylic oxidation sites excluding steroid dienone is 1. The third kappa shape index (κ3) is 5.10. The SMILES string of the molecule is CC(C)(C)NC(=O)CN1C2CCC1CC(Cc1nc3c([nH]1)C1=C(CC3)OC=CO1)C2.Cl.Cl. The molecule has 0 spiro atoms. The Labute approximate surface area is 202 Å². The molecule has 0 saturated carbocycles. The minimum Gasteiger partial charge on any atom is -0.462 e. The van der Waals surface area contributed by atoms with Gasteiger partial charge >= 0.3 is 0 Å². The van der Waals surface area contributed by atoms with Crippen LogP contribution in [0.25, 0.3) is 5.76 Å². The first-order valence-corrected chi connectivity index (χ1v) is 11.2. The molecule has 1 amide bonds. The number of nitrogens with one attached hydrogen (secondary N) is 2. The Morgan fingerprint density at radius 3 is 2.53 bits per heavy atom. The smallest absolute Gasteiger partial charge is 0.234 e. The number of hydrogen-bond donors (Lipinski definition) is 2. The first-order valence-electron chi connectivity index (χ1n) is 11.2. The molecule has 32 heavy (non-hydrogen) atoms. The molecule has 2 atom stereocenters. The van der Waals surface area contributed by atoms with E-state index in [-0.39, 0.29) is 36.3 Å². The van der Waals surface area contributed by atoms with E-state index in [1.165, 1.54) is 12.8 Å². The molecule has 2 fully saturated rings. The average Bonchev–Trinajstić information content (AvgIpc) is 3.17. The van der Waals surface area contributed by atoms with Gasteiger partial charge in [-0.05, 0) is 58.8 Å². The first-order chi connectivity index (χ1) is 14.4. The van der Waals surface area contributed by atoms with E-state index in [4.69, 9.17) is 14.5 Å². The Balaban J connectivity index is 0.00000144. The van der Waals surface area contributed by atoms with Gasteiger partial charge in [0.1, 0.15) is 29.8 Å². The molecule has 2 N–H and O–H groups in total. The minimum absolute atomic E-state index is 0. The van der Waals surface area contributed by atoms with Gasteiger partial charge in [-0.15, -0.1) is 24.8 Å². The second-order valence-corrected chi connectivity index (χ2v) is 10.2. The Kier molecular flexibility index (Phi) is 7.52. The topological polar surface area (TPSA) is 79.5 Å². The number of aromatic nitrogens is 2. The Bertz CT molecular complexity index is 892. The number of carbonyl (C=O) groups is 1. The summed E-state index contributed by atoms with van der Waals surface area (Å²) in [6.07, 6.45) is 10.5. The molecule has 9 heteroatoms. The van der Waals surface area contributed by atoms with Crippen LogP contribution in [-0.2, 0) is 27.1 Å².